The SMILES string of the molecule is O=C1NC=CN(C(=O)OCc2ccccc2)[C@@H]1Cc1ccccc1. The quantitative estimate of drug-likeness (QED) is 0.941. The average Bonchev–Trinajstić information content (AvgIpc) is 2.63. The van der Waals surface area contributed by atoms with Crippen LogP contribution in [0, 0.1) is 0 Å². The largest absolute Gasteiger partial charge is 0.444 e. The molecule has 0 bridgehead atoms. The summed E-state index contributed by atoms with van der Waals surface area (Å²) in [5.41, 5.74) is 1.88. The van der Waals surface area contributed by atoms with Gasteiger partial charge in [-0.25, -0.2) is 4.79 Å². The van der Waals surface area contributed by atoms with Crippen LogP contribution in [-0.2, 0) is 22.6 Å². The molecule has 0 unspecified atom stereocenters. The van der Waals surface area contributed by atoms with Crippen molar-refractivity contribution >= 4 is 12.0 Å². The fourth-order valence-electron chi connectivity index (χ4n) is 2.54. The Labute approximate surface area is 140 Å². The van der Waals surface area contributed by atoms with Gasteiger partial charge in [0, 0.05) is 18.8 Å². The summed E-state index contributed by atoms with van der Waals surface area (Å²) in [4.78, 5) is 25.9. The minimum atomic E-state index is -0.624. The second-order valence-electron chi connectivity index (χ2n) is 5.48. The Bertz CT molecular complexity index is 729. The zero-order valence-corrected chi connectivity index (χ0v) is 13.1. The fourth-order valence-corrected chi connectivity index (χ4v) is 2.54. The lowest BCUT2D eigenvalue weighted by atomic mass is 10.0. The first kappa shape index (κ1) is 15.8. The van der Waals surface area contributed by atoms with Gasteiger partial charge < -0.3 is 10.1 Å². The molecule has 2 aromatic carbocycles. The molecule has 0 radical (unpaired) electrons. The van der Waals surface area contributed by atoms with Gasteiger partial charge in [-0.15, -0.1) is 0 Å². The maximum atomic E-state index is 12.4. The first-order chi connectivity index (χ1) is 11.7. The molecule has 1 aliphatic heterocycles. The van der Waals surface area contributed by atoms with E-state index >= 15 is 0 Å². The summed E-state index contributed by atoms with van der Waals surface area (Å²) < 4.78 is 5.34. The van der Waals surface area contributed by atoms with Crippen molar-refractivity contribution in [2.75, 3.05) is 0 Å². The molecule has 0 aromatic heterocycles. The molecule has 1 atom stereocenters. The van der Waals surface area contributed by atoms with E-state index < -0.39 is 12.1 Å². The number of ether oxygens (including phenoxy) is 1. The highest BCUT2D eigenvalue weighted by Crippen LogP contribution is 2.15. The van der Waals surface area contributed by atoms with E-state index in [1.807, 2.05) is 60.7 Å². The Kier molecular flexibility index (Phi) is 4.91. The molecule has 5 nitrogen and oxygen atoms in total. The second kappa shape index (κ2) is 7.46. The molecule has 2 aromatic rings. The molecule has 1 N–H and O–H groups in total. The van der Waals surface area contributed by atoms with Gasteiger partial charge in [-0.05, 0) is 11.1 Å². The third-order valence-corrected chi connectivity index (χ3v) is 3.79. The van der Waals surface area contributed by atoms with Crippen molar-refractivity contribution in [3.8, 4) is 0 Å². The maximum absolute atomic E-state index is 12.4. The molecule has 0 saturated heterocycles. The van der Waals surface area contributed by atoms with Crippen LogP contribution in [0.25, 0.3) is 0 Å². The first-order valence-corrected chi connectivity index (χ1v) is 7.74. The number of carbonyl (C=O) groups excluding carboxylic acids is 2. The highest BCUT2D eigenvalue weighted by molar-refractivity contribution is 5.88. The minimum Gasteiger partial charge on any atom is -0.444 e. The molecule has 0 spiro atoms. The Morgan fingerprint density at radius 1 is 1.00 bits per heavy atom. The number of nitrogens with zero attached hydrogens (tertiary/aromatic N) is 1. The smallest absolute Gasteiger partial charge is 0.414 e. The van der Waals surface area contributed by atoms with Gasteiger partial charge in [-0.3, -0.25) is 9.69 Å². The predicted molar refractivity (Wildman–Crippen MR) is 89.7 cm³/mol. The molecule has 122 valence electrons. The van der Waals surface area contributed by atoms with Gasteiger partial charge >= 0.3 is 6.09 Å². The van der Waals surface area contributed by atoms with E-state index in [0.717, 1.165) is 11.1 Å². The van der Waals surface area contributed by atoms with Crippen molar-refractivity contribution in [2.24, 2.45) is 0 Å². The van der Waals surface area contributed by atoms with E-state index in [4.69, 9.17) is 4.74 Å². The molecule has 3 rings (SSSR count). The summed E-state index contributed by atoms with van der Waals surface area (Å²) in [6.07, 6.45) is 2.89. The van der Waals surface area contributed by atoms with Crippen molar-refractivity contribution < 1.29 is 14.3 Å². The van der Waals surface area contributed by atoms with E-state index in [-0.39, 0.29) is 12.5 Å². The summed E-state index contributed by atoms with van der Waals surface area (Å²) in [5, 5.41) is 2.64. The van der Waals surface area contributed by atoms with E-state index in [1.54, 1.807) is 6.20 Å². The van der Waals surface area contributed by atoms with Crippen LogP contribution in [0.2, 0.25) is 0 Å². The van der Waals surface area contributed by atoms with Gasteiger partial charge in [-0.2, -0.15) is 0 Å². The molecule has 24 heavy (non-hydrogen) atoms. The standard InChI is InChI=1S/C19H18N2O3/c22-18-17(13-15-7-3-1-4-8-15)21(12-11-20-18)19(23)24-14-16-9-5-2-6-10-16/h1-12,17H,13-14H2,(H,20,22)/t17-/m1/s1. The number of hydrogen-bond acceptors (Lipinski definition) is 3. The van der Waals surface area contributed by atoms with Gasteiger partial charge in [0.1, 0.15) is 12.6 Å². The number of benzene rings is 2. The van der Waals surface area contributed by atoms with Crippen LogP contribution < -0.4 is 5.32 Å². The number of carbonyl (C=O) groups is 2. The van der Waals surface area contributed by atoms with Gasteiger partial charge in [0.2, 0.25) is 5.91 Å². The van der Waals surface area contributed by atoms with E-state index in [2.05, 4.69) is 5.32 Å². The fraction of sp³-hybridized carbons (Fsp3) is 0.158. The normalized spacial score (nSPS) is 16.6. The molecular formula is C19H18N2O3. The van der Waals surface area contributed by atoms with Crippen LogP contribution >= 0.6 is 0 Å². The number of rotatable bonds is 4. The zero-order chi connectivity index (χ0) is 16.8. The molecular weight excluding hydrogens is 304 g/mol. The lowest BCUT2D eigenvalue weighted by molar-refractivity contribution is -0.125. The summed E-state index contributed by atoms with van der Waals surface area (Å²) >= 11 is 0. The van der Waals surface area contributed by atoms with Crippen LogP contribution in [0.3, 0.4) is 0 Å². The van der Waals surface area contributed by atoms with Gasteiger partial charge in [0.15, 0.2) is 0 Å². The Balaban J connectivity index is 1.69. The van der Waals surface area contributed by atoms with Crippen molar-refractivity contribution in [3.63, 3.8) is 0 Å². The van der Waals surface area contributed by atoms with Crippen LogP contribution in [0.15, 0.2) is 73.1 Å². The highest BCUT2D eigenvalue weighted by Gasteiger charge is 2.31. The third kappa shape index (κ3) is 3.81. The molecule has 5 heteroatoms. The summed E-state index contributed by atoms with van der Waals surface area (Å²) in [5.74, 6) is -0.224. The maximum Gasteiger partial charge on any atom is 0.414 e. The number of amides is 2. The van der Waals surface area contributed by atoms with Crippen LogP contribution in [0.1, 0.15) is 11.1 Å². The topological polar surface area (TPSA) is 58.6 Å². The van der Waals surface area contributed by atoms with Gasteiger partial charge in [0.25, 0.3) is 0 Å². The summed E-state index contributed by atoms with van der Waals surface area (Å²) in [6.45, 7) is 0.170. The molecule has 0 fully saturated rings. The Hall–Kier alpha value is -3.08. The average molecular weight is 322 g/mol. The Morgan fingerprint density at radius 2 is 1.62 bits per heavy atom. The first-order valence-electron chi connectivity index (χ1n) is 7.74. The molecule has 1 heterocycles. The van der Waals surface area contributed by atoms with Crippen LogP contribution in [-0.4, -0.2) is 22.9 Å². The monoisotopic (exact) mass is 322 g/mol. The van der Waals surface area contributed by atoms with Crippen molar-refractivity contribution in [1.82, 2.24) is 10.2 Å². The number of hydrogen-bond donors (Lipinski definition) is 1. The zero-order valence-electron chi connectivity index (χ0n) is 13.1. The van der Waals surface area contributed by atoms with Gasteiger partial charge in [0.05, 0.1) is 0 Å². The van der Waals surface area contributed by atoms with Crippen LogP contribution in [0.4, 0.5) is 4.79 Å². The summed E-state index contributed by atoms with van der Waals surface area (Å²) in [7, 11) is 0. The van der Waals surface area contributed by atoms with Crippen molar-refractivity contribution in [3.05, 3.63) is 84.2 Å². The van der Waals surface area contributed by atoms with Gasteiger partial charge in [-0.1, -0.05) is 60.7 Å². The highest BCUT2D eigenvalue weighted by atomic mass is 16.6. The van der Waals surface area contributed by atoms with Crippen LogP contribution in [0.5, 0.6) is 0 Å². The van der Waals surface area contributed by atoms with E-state index in [0.29, 0.717) is 6.42 Å². The van der Waals surface area contributed by atoms with Crippen molar-refractivity contribution in [2.45, 2.75) is 19.1 Å². The minimum absolute atomic E-state index is 0.170. The second-order valence-corrected chi connectivity index (χ2v) is 5.48. The summed E-state index contributed by atoms with van der Waals surface area (Å²) in [6, 6.07) is 18.4. The molecule has 2 amide bonds. The van der Waals surface area contributed by atoms with Crippen molar-refractivity contribution in [1.29, 1.82) is 0 Å². The molecule has 0 saturated carbocycles. The Morgan fingerprint density at radius 3 is 2.29 bits per heavy atom. The van der Waals surface area contributed by atoms with E-state index in [9.17, 15) is 9.59 Å². The lowest BCUT2D eigenvalue weighted by Crippen LogP contribution is -2.50. The predicted octanol–water partition coefficient (Wildman–Crippen LogP) is 2.84. The molecule has 1 aliphatic rings. The third-order valence-electron chi connectivity index (χ3n) is 3.79. The van der Waals surface area contributed by atoms with E-state index in [1.165, 1.54) is 11.1 Å². The number of nitrogens with one attached hydrogen (secondary N) is 1. The lowest BCUT2D eigenvalue weighted by Gasteiger charge is -2.29. The molecule has 0 aliphatic carbocycles.